The molecule has 3 rings (SSSR count). The number of ether oxygens (including phenoxy) is 3. The van der Waals surface area contributed by atoms with Crippen molar-refractivity contribution in [2.45, 2.75) is 13.5 Å². The summed E-state index contributed by atoms with van der Waals surface area (Å²) in [5.41, 5.74) is 4.03. The highest BCUT2D eigenvalue weighted by Gasteiger charge is 2.23. The number of aryl methyl sites for hydroxylation is 1. The maximum atomic E-state index is 11.5. The predicted octanol–water partition coefficient (Wildman–Crippen LogP) is 5.08. The highest BCUT2D eigenvalue weighted by atomic mass is 127. The number of anilines is 1. The van der Waals surface area contributed by atoms with Crippen molar-refractivity contribution in [1.29, 1.82) is 5.26 Å². The van der Waals surface area contributed by atoms with Crippen LogP contribution >= 0.6 is 22.6 Å². The summed E-state index contributed by atoms with van der Waals surface area (Å²) in [5, 5.41) is 36.2. The molecular weight excluding hydrogens is 599 g/mol. The van der Waals surface area contributed by atoms with Gasteiger partial charge in [0.25, 0.3) is 5.69 Å². The third-order valence-corrected chi connectivity index (χ3v) is 5.64. The van der Waals surface area contributed by atoms with Gasteiger partial charge in [0.1, 0.15) is 11.6 Å². The van der Waals surface area contributed by atoms with Crippen molar-refractivity contribution in [2.24, 2.45) is 5.10 Å². The predicted molar refractivity (Wildman–Crippen MR) is 141 cm³/mol. The molecule has 0 aliphatic rings. The van der Waals surface area contributed by atoms with E-state index in [2.05, 4.69) is 21.6 Å². The van der Waals surface area contributed by atoms with Gasteiger partial charge in [0.2, 0.25) is 5.75 Å². The van der Waals surface area contributed by atoms with Gasteiger partial charge in [0.15, 0.2) is 17.3 Å². The van der Waals surface area contributed by atoms with E-state index in [4.69, 9.17) is 14.2 Å². The number of methoxy groups -OCH3 is 2. The summed E-state index contributed by atoms with van der Waals surface area (Å²) in [6, 6.07) is 10.2. The minimum atomic E-state index is -0.763. The molecule has 2 aromatic carbocycles. The van der Waals surface area contributed by atoms with Crippen LogP contribution in [-0.2, 0) is 11.3 Å². The van der Waals surface area contributed by atoms with E-state index in [-0.39, 0.29) is 29.7 Å². The fraction of sp³-hybridized carbons (Fsp3) is 0.174. The van der Waals surface area contributed by atoms with Gasteiger partial charge in [-0.2, -0.15) is 10.4 Å². The smallest absolute Gasteiger partial charge is 0.318 e. The highest BCUT2D eigenvalue weighted by Crippen LogP contribution is 2.41. The first-order valence-electron chi connectivity index (χ1n) is 10.3. The van der Waals surface area contributed by atoms with E-state index < -0.39 is 21.2 Å². The number of rotatable bonds is 10. The molecule has 0 unspecified atom stereocenters. The van der Waals surface area contributed by atoms with Crippen molar-refractivity contribution in [3.63, 3.8) is 0 Å². The number of nitro groups is 2. The molecule has 0 amide bonds. The summed E-state index contributed by atoms with van der Waals surface area (Å²) >= 11 is 1.97. The number of hydrogen-bond donors (Lipinski definition) is 1. The van der Waals surface area contributed by atoms with Crippen LogP contribution in [-0.4, -0.2) is 35.3 Å². The van der Waals surface area contributed by atoms with E-state index in [1.165, 1.54) is 20.4 Å². The molecule has 13 nitrogen and oxygen atoms in total. The topological polar surface area (TPSA) is 175 Å². The summed E-state index contributed by atoms with van der Waals surface area (Å²) in [6.07, 6.45) is 1.48. The fourth-order valence-corrected chi connectivity index (χ4v) is 3.99. The van der Waals surface area contributed by atoms with Gasteiger partial charge >= 0.3 is 5.69 Å². The van der Waals surface area contributed by atoms with E-state index in [0.717, 1.165) is 18.2 Å². The molecular formula is C23H19IN6O7. The van der Waals surface area contributed by atoms with Crippen LogP contribution in [0.25, 0.3) is 0 Å². The van der Waals surface area contributed by atoms with Crippen LogP contribution in [0.5, 0.6) is 17.2 Å². The van der Waals surface area contributed by atoms with Gasteiger partial charge in [-0.1, -0.05) is 0 Å². The van der Waals surface area contributed by atoms with Crippen molar-refractivity contribution >= 4 is 46.0 Å². The Hall–Kier alpha value is -4.36. The summed E-state index contributed by atoms with van der Waals surface area (Å²) in [4.78, 5) is 25.3. The molecule has 14 heteroatoms. The Morgan fingerprint density at radius 2 is 1.92 bits per heavy atom. The lowest BCUT2D eigenvalue weighted by atomic mass is 10.1. The number of nitriles is 1. The zero-order chi connectivity index (χ0) is 27.1. The van der Waals surface area contributed by atoms with Crippen LogP contribution < -0.4 is 14.9 Å². The number of pyridine rings is 1. The molecule has 0 aliphatic heterocycles. The number of halogens is 1. The number of nitro benzene ring substituents is 2. The van der Waals surface area contributed by atoms with E-state index in [0.29, 0.717) is 26.0 Å². The van der Waals surface area contributed by atoms with Crippen LogP contribution in [0.4, 0.5) is 17.2 Å². The molecule has 0 radical (unpaired) electrons. The first-order chi connectivity index (χ1) is 17.7. The lowest BCUT2D eigenvalue weighted by Gasteiger charge is -2.13. The van der Waals surface area contributed by atoms with Crippen LogP contribution in [0.15, 0.2) is 41.5 Å². The minimum absolute atomic E-state index is 0.182. The number of hydrazone groups is 1. The Bertz CT molecular complexity index is 1440. The first kappa shape index (κ1) is 27.2. The third-order valence-electron chi connectivity index (χ3n) is 4.84. The van der Waals surface area contributed by atoms with E-state index >= 15 is 0 Å². The lowest BCUT2D eigenvalue weighted by Crippen LogP contribution is -2.03. The summed E-state index contributed by atoms with van der Waals surface area (Å²) in [6.45, 7) is 2.03. The molecule has 1 N–H and O–H groups in total. The van der Waals surface area contributed by atoms with E-state index in [1.54, 1.807) is 25.1 Å². The Kier molecular flexibility index (Phi) is 8.87. The van der Waals surface area contributed by atoms with Gasteiger partial charge in [-0.15, -0.1) is 0 Å². The van der Waals surface area contributed by atoms with Crippen molar-refractivity contribution in [2.75, 3.05) is 19.6 Å². The molecule has 3 aromatic rings. The normalized spacial score (nSPS) is 10.7. The Morgan fingerprint density at radius 1 is 1.16 bits per heavy atom. The van der Waals surface area contributed by atoms with Gasteiger partial charge in [0, 0.05) is 24.4 Å². The number of non-ortho nitro benzene ring substituents is 1. The van der Waals surface area contributed by atoms with E-state index in [1.807, 2.05) is 22.6 Å². The molecule has 0 fully saturated rings. The molecule has 0 aliphatic carbocycles. The van der Waals surface area contributed by atoms with Crippen molar-refractivity contribution < 1.29 is 24.1 Å². The number of nitrogens with zero attached hydrogens (tertiary/aromatic N) is 5. The molecule has 0 saturated heterocycles. The van der Waals surface area contributed by atoms with Crippen LogP contribution in [0.3, 0.4) is 0 Å². The standard InChI is InChI=1S/C23H19IN6O7/c1-13-6-15(12-35-2)17(10-25)23(27-13)28-26-11-14-7-18(24)22(21(8-14)36-3)37-20-5-4-16(29(31)32)9-19(20)30(33)34/h4-9,11H,12H2,1-3H3,(H,27,28). The number of aromatic nitrogens is 1. The zero-order valence-electron chi connectivity index (χ0n) is 19.7. The van der Waals surface area contributed by atoms with Crippen molar-refractivity contribution in [1.82, 2.24) is 4.98 Å². The second kappa shape index (κ2) is 12.1. The van der Waals surface area contributed by atoms with E-state index in [9.17, 15) is 25.5 Å². The molecule has 37 heavy (non-hydrogen) atoms. The average Bonchev–Trinajstić information content (AvgIpc) is 2.85. The van der Waals surface area contributed by atoms with Gasteiger partial charge in [0.05, 0.1) is 39.4 Å². The maximum Gasteiger partial charge on any atom is 0.318 e. The molecule has 0 saturated carbocycles. The molecule has 0 bridgehead atoms. The molecule has 1 aromatic heterocycles. The minimum Gasteiger partial charge on any atom is -0.493 e. The summed E-state index contributed by atoms with van der Waals surface area (Å²) < 4.78 is 16.8. The highest BCUT2D eigenvalue weighted by molar-refractivity contribution is 14.1. The zero-order valence-corrected chi connectivity index (χ0v) is 21.9. The number of nitrogens with one attached hydrogen (secondary N) is 1. The second-order valence-electron chi connectivity index (χ2n) is 7.36. The Balaban J connectivity index is 1.90. The largest absolute Gasteiger partial charge is 0.493 e. The lowest BCUT2D eigenvalue weighted by molar-refractivity contribution is -0.394. The average molecular weight is 618 g/mol. The van der Waals surface area contributed by atoms with Crippen LogP contribution in [0.1, 0.15) is 22.4 Å². The maximum absolute atomic E-state index is 11.5. The second-order valence-corrected chi connectivity index (χ2v) is 8.53. The van der Waals surface area contributed by atoms with Gasteiger partial charge in [-0.3, -0.25) is 25.7 Å². The first-order valence-corrected chi connectivity index (χ1v) is 11.4. The van der Waals surface area contributed by atoms with Crippen LogP contribution in [0.2, 0.25) is 0 Å². The number of benzene rings is 2. The quantitative estimate of drug-likeness (QED) is 0.140. The molecule has 0 atom stereocenters. The molecule has 190 valence electrons. The Labute approximate surface area is 224 Å². The fourth-order valence-electron chi connectivity index (χ4n) is 3.26. The monoisotopic (exact) mass is 618 g/mol. The molecule has 0 spiro atoms. The van der Waals surface area contributed by atoms with Gasteiger partial charge in [-0.05, 0) is 59.3 Å². The molecule has 1 heterocycles. The van der Waals surface area contributed by atoms with Gasteiger partial charge in [-0.25, -0.2) is 4.98 Å². The summed E-state index contributed by atoms with van der Waals surface area (Å²) in [5.74, 6) is 0.519. The number of hydrogen-bond acceptors (Lipinski definition) is 11. The summed E-state index contributed by atoms with van der Waals surface area (Å²) in [7, 11) is 2.93. The third kappa shape index (κ3) is 6.45. The van der Waals surface area contributed by atoms with Gasteiger partial charge < -0.3 is 14.2 Å². The van der Waals surface area contributed by atoms with Crippen LogP contribution in [0, 0.1) is 42.1 Å². The van der Waals surface area contributed by atoms with Crippen molar-refractivity contribution in [3.05, 3.63) is 82.6 Å². The Morgan fingerprint density at radius 3 is 2.54 bits per heavy atom. The SMILES string of the molecule is COCc1cc(C)nc(NN=Cc2cc(I)c(Oc3ccc([N+](=O)[O-])cc3[N+](=O)[O-])c(OC)c2)c1C#N. The van der Waals surface area contributed by atoms with Crippen molar-refractivity contribution in [3.8, 4) is 23.3 Å².